The van der Waals surface area contributed by atoms with Gasteiger partial charge in [0.2, 0.25) is 11.7 Å². The maximum Gasteiger partial charge on any atom is 0.275 e. The van der Waals surface area contributed by atoms with Gasteiger partial charge < -0.3 is 9.42 Å². The van der Waals surface area contributed by atoms with Crippen LogP contribution in [0.2, 0.25) is 0 Å². The van der Waals surface area contributed by atoms with Gasteiger partial charge in [0.15, 0.2) is 5.69 Å². The third kappa shape index (κ3) is 3.19. The van der Waals surface area contributed by atoms with E-state index in [0.29, 0.717) is 37.0 Å². The molecule has 0 spiro atoms. The second kappa shape index (κ2) is 7.17. The number of hydrogen-bond acceptors (Lipinski definition) is 7. The van der Waals surface area contributed by atoms with Crippen molar-refractivity contribution >= 4 is 28.1 Å². The van der Waals surface area contributed by atoms with Crippen molar-refractivity contribution in [2.24, 2.45) is 0 Å². The fourth-order valence-electron chi connectivity index (χ4n) is 3.40. The van der Waals surface area contributed by atoms with Gasteiger partial charge in [-0.15, -0.1) is 0 Å². The third-order valence-corrected chi connectivity index (χ3v) is 5.62. The molecule has 3 aromatic heterocycles. The molecule has 0 atom stereocenters. The van der Waals surface area contributed by atoms with Crippen LogP contribution in [-0.4, -0.2) is 62.2 Å². The van der Waals surface area contributed by atoms with Gasteiger partial charge >= 0.3 is 0 Å². The Morgan fingerprint density at radius 3 is 2.86 bits per heavy atom. The van der Waals surface area contributed by atoms with E-state index in [1.807, 2.05) is 46.0 Å². The number of hydrogen-bond donors (Lipinski definition) is 1. The van der Waals surface area contributed by atoms with E-state index in [1.165, 1.54) is 0 Å². The molecule has 4 aromatic rings. The number of aromatic nitrogens is 4. The number of piperazine rings is 1. The molecule has 1 N–H and O–H groups in total. The summed E-state index contributed by atoms with van der Waals surface area (Å²) in [6.07, 6.45) is 0. The zero-order chi connectivity index (χ0) is 18.9. The Kier molecular flexibility index (Phi) is 4.38. The maximum absolute atomic E-state index is 12.9. The SMILES string of the molecule is O=C(c1n[nH]c2ccccc12)N1CCN(Cc2nc(-c3ccsc3)no2)CC1. The molecular formula is C19H18N6O2S. The molecule has 0 saturated carbocycles. The van der Waals surface area contributed by atoms with E-state index < -0.39 is 0 Å². The number of H-pyrrole nitrogens is 1. The van der Waals surface area contributed by atoms with Crippen molar-refractivity contribution < 1.29 is 9.32 Å². The normalized spacial score (nSPS) is 15.4. The molecule has 1 aromatic carbocycles. The largest absolute Gasteiger partial charge is 0.338 e. The van der Waals surface area contributed by atoms with Crippen molar-refractivity contribution in [2.75, 3.05) is 26.2 Å². The summed E-state index contributed by atoms with van der Waals surface area (Å²) >= 11 is 1.60. The smallest absolute Gasteiger partial charge is 0.275 e. The van der Waals surface area contributed by atoms with Crippen molar-refractivity contribution in [3.63, 3.8) is 0 Å². The van der Waals surface area contributed by atoms with Crippen molar-refractivity contribution in [3.05, 3.63) is 52.7 Å². The molecule has 28 heavy (non-hydrogen) atoms. The fraction of sp³-hybridized carbons (Fsp3) is 0.263. The quantitative estimate of drug-likeness (QED) is 0.572. The zero-order valence-corrected chi connectivity index (χ0v) is 15.9. The lowest BCUT2D eigenvalue weighted by atomic mass is 10.2. The molecule has 8 nitrogen and oxygen atoms in total. The van der Waals surface area contributed by atoms with Crippen molar-refractivity contribution in [3.8, 4) is 11.4 Å². The van der Waals surface area contributed by atoms with Gasteiger partial charge in [0.1, 0.15) is 0 Å². The van der Waals surface area contributed by atoms with Gasteiger partial charge in [0, 0.05) is 42.5 Å². The van der Waals surface area contributed by atoms with Gasteiger partial charge in [0.25, 0.3) is 5.91 Å². The van der Waals surface area contributed by atoms with Gasteiger partial charge in [0.05, 0.1) is 12.1 Å². The average molecular weight is 394 g/mol. The standard InChI is InChI=1S/C19H18N6O2S/c26-19(17-14-3-1-2-4-15(14)21-22-17)25-8-6-24(7-9-25)11-16-20-18(23-27-16)13-5-10-28-12-13/h1-5,10,12H,6-9,11H2,(H,21,22). The van der Waals surface area contributed by atoms with Crippen LogP contribution < -0.4 is 0 Å². The van der Waals surface area contributed by atoms with Gasteiger partial charge in [-0.2, -0.15) is 21.4 Å². The molecule has 1 saturated heterocycles. The lowest BCUT2D eigenvalue weighted by molar-refractivity contribution is 0.0611. The lowest BCUT2D eigenvalue weighted by Gasteiger charge is -2.33. The number of benzene rings is 1. The van der Waals surface area contributed by atoms with Gasteiger partial charge in [-0.25, -0.2) is 0 Å². The Labute approximate surface area is 164 Å². The zero-order valence-electron chi connectivity index (χ0n) is 15.0. The molecule has 4 heterocycles. The summed E-state index contributed by atoms with van der Waals surface area (Å²) < 4.78 is 5.38. The molecule has 1 fully saturated rings. The second-order valence-corrected chi connectivity index (χ2v) is 7.49. The number of amides is 1. The second-order valence-electron chi connectivity index (χ2n) is 6.71. The number of para-hydroxylation sites is 1. The molecule has 0 radical (unpaired) electrons. The van der Waals surface area contributed by atoms with Crippen LogP contribution in [0, 0.1) is 0 Å². The summed E-state index contributed by atoms with van der Waals surface area (Å²) in [6, 6.07) is 9.66. The van der Waals surface area contributed by atoms with E-state index in [4.69, 9.17) is 4.52 Å². The minimum absolute atomic E-state index is 0.0327. The highest BCUT2D eigenvalue weighted by Gasteiger charge is 2.26. The Hall–Kier alpha value is -3.04. The molecule has 0 unspecified atom stereocenters. The van der Waals surface area contributed by atoms with Gasteiger partial charge in [-0.1, -0.05) is 23.4 Å². The highest BCUT2D eigenvalue weighted by atomic mass is 32.1. The Balaban J connectivity index is 1.21. The number of nitrogens with one attached hydrogen (secondary N) is 1. The molecule has 5 rings (SSSR count). The van der Waals surface area contributed by atoms with Gasteiger partial charge in [-0.3, -0.25) is 14.8 Å². The maximum atomic E-state index is 12.9. The van der Waals surface area contributed by atoms with E-state index in [0.717, 1.165) is 29.6 Å². The topological polar surface area (TPSA) is 91.2 Å². The van der Waals surface area contributed by atoms with E-state index >= 15 is 0 Å². The molecule has 142 valence electrons. The molecule has 0 aliphatic carbocycles. The predicted molar refractivity (Wildman–Crippen MR) is 105 cm³/mol. The summed E-state index contributed by atoms with van der Waals surface area (Å²) in [4.78, 5) is 21.4. The van der Waals surface area contributed by atoms with Crippen LogP contribution in [0.25, 0.3) is 22.3 Å². The first-order chi connectivity index (χ1) is 13.8. The highest BCUT2D eigenvalue weighted by Crippen LogP contribution is 2.20. The van der Waals surface area contributed by atoms with Crippen LogP contribution in [0.1, 0.15) is 16.4 Å². The summed E-state index contributed by atoms with van der Waals surface area (Å²) in [5.74, 6) is 1.18. The first-order valence-electron chi connectivity index (χ1n) is 9.08. The Bertz CT molecular complexity index is 1090. The van der Waals surface area contributed by atoms with Crippen LogP contribution in [0.15, 0.2) is 45.6 Å². The van der Waals surface area contributed by atoms with E-state index in [9.17, 15) is 4.79 Å². The summed E-state index contributed by atoms with van der Waals surface area (Å²) in [7, 11) is 0. The molecule has 1 aliphatic rings. The number of nitrogens with zero attached hydrogens (tertiary/aromatic N) is 5. The van der Waals surface area contributed by atoms with E-state index in [-0.39, 0.29) is 5.91 Å². The van der Waals surface area contributed by atoms with E-state index in [1.54, 1.807) is 11.3 Å². The summed E-state index contributed by atoms with van der Waals surface area (Å²) in [5, 5.41) is 16.0. The number of carbonyl (C=O) groups excluding carboxylic acids is 1. The lowest BCUT2D eigenvalue weighted by Crippen LogP contribution is -2.48. The summed E-state index contributed by atoms with van der Waals surface area (Å²) in [6.45, 7) is 3.39. The molecule has 1 aliphatic heterocycles. The number of rotatable bonds is 4. The molecule has 1 amide bonds. The first-order valence-corrected chi connectivity index (χ1v) is 10.0. The predicted octanol–water partition coefficient (Wildman–Crippen LogP) is 2.63. The van der Waals surface area contributed by atoms with Crippen LogP contribution in [0.4, 0.5) is 0 Å². The Morgan fingerprint density at radius 1 is 1.18 bits per heavy atom. The average Bonchev–Trinajstić information content (AvgIpc) is 3.48. The third-order valence-electron chi connectivity index (χ3n) is 4.94. The highest BCUT2D eigenvalue weighted by molar-refractivity contribution is 7.08. The monoisotopic (exact) mass is 394 g/mol. The van der Waals surface area contributed by atoms with Crippen LogP contribution >= 0.6 is 11.3 Å². The van der Waals surface area contributed by atoms with Crippen molar-refractivity contribution in [2.45, 2.75) is 6.54 Å². The number of carbonyl (C=O) groups is 1. The van der Waals surface area contributed by atoms with E-state index in [2.05, 4.69) is 25.2 Å². The summed E-state index contributed by atoms with van der Waals surface area (Å²) in [5.41, 5.74) is 2.34. The molecule has 0 bridgehead atoms. The first kappa shape index (κ1) is 17.1. The minimum atomic E-state index is -0.0327. The molecular weight excluding hydrogens is 376 g/mol. The van der Waals surface area contributed by atoms with Crippen molar-refractivity contribution in [1.29, 1.82) is 0 Å². The fourth-order valence-corrected chi connectivity index (χ4v) is 4.04. The van der Waals surface area contributed by atoms with Gasteiger partial charge in [-0.05, 0) is 17.5 Å². The van der Waals surface area contributed by atoms with Crippen molar-refractivity contribution in [1.82, 2.24) is 30.1 Å². The van der Waals surface area contributed by atoms with Crippen LogP contribution in [0.5, 0.6) is 0 Å². The number of thiophene rings is 1. The van der Waals surface area contributed by atoms with Crippen LogP contribution in [-0.2, 0) is 6.54 Å². The number of aromatic amines is 1. The minimum Gasteiger partial charge on any atom is -0.338 e. The number of fused-ring (bicyclic) bond motifs is 1. The van der Waals surface area contributed by atoms with Crippen LogP contribution in [0.3, 0.4) is 0 Å². The molecule has 9 heteroatoms. The Morgan fingerprint density at radius 2 is 2.04 bits per heavy atom.